The second-order valence-corrected chi connectivity index (χ2v) is 11.1. The molecule has 0 unspecified atom stereocenters. The summed E-state index contributed by atoms with van der Waals surface area (Å²) in [6.45, 7) is 4.82. The minimum absolute atomic E-state index is 0.0329. The molecular weight excluding hydrogens is 518 g/mol. The van der Waals surface area contributed by atoms with Crippen molar-refractivity contribution in [1.29, 1.82) is 0 Å². The lowest BCUT2D eigenvalue weighted by Gasteiger charge is -2.32. The van der Waals surface area contributed by atoms with Crippen LogP contribution in [0.1, 0.15) is 26.3 Å². The van der Waals surface area contributed by atoms with Gasteiger partial charge in [-0.3, -0.25) is 13.9 Å². The van der Waals surface area contributed by atoms with Crippen molar-refractivity contribution in [2.75, 3.05) is 25.1 Å². The first-order valence-corrected chi connectivity index (χ1v) is 14.0. The summed E-state index contributed by atoms with van der Waals surface area (Å²) in [5.41, 5.74) is 0.984. The van der Waals surface area contributed by atoms with E-state index >= 15 is 0 Å². The second-order valence-electron chi connectivity index (χ2n) is 9.24. The lowest BCUT2D eigenvalue weighted by Crippen LogP contribution is -2.52. The van der Waals surface area contributed by atoms with Crippen LogP contribution in [0.3, 0.4) is 0 Å². The van der Waals surface area contributed by atoms with Gasteiger partial charge < -0.3 is 19.7 Å². The first-order chi connectivity index (χ1) is 18.6. The summed E-state index contributed by atoms with van der Waals surface area (Å²) in [5, 5.41) is 2.84. The van der Waals surface area contributed by atoms with E-state index in [1.54, 1.807) is 74.7 Å². The van der Waals surface area contributed by atoms with Crippen LogP contribution >= 0.6 is 0 Å². The van der Waals surface area contributed by atoms with E-state index in [2.05, 4.69) is 5.32 Å². The van der Waals surface area contributed by atoms with Crippen LogP contribution in [0.5, 0.6) is 11.5 Å². The Bertz CT molecular complexity index is 1380. The summed E-state index contributed by atoms with van der Waals surface area (Å²) in [5.74, 6) is 0.140. The van der Waals surface area contributed by atoms with Crippen molar-refractivity contribution in [2.24, 2.45) is 0 Å². The third-order valence-corrected chi connectivity index (χ3v) is 7.82. The Morgan fingerprint density at radius 2 is 1.46 bits per heavy atom. The highest BCUT2D eigenvalue weighted by atomic mass is 32.2. The van der Waals surface area contributed by atoms with Gasteiger partial charge in [-0.25, -0.2) is 8.42 Å². The normalized spacial score (nSPS) is 11.9. The zero-order valence-corrected chi connectivity index (χ0v) is 23.6. The fraction of sp³-hybridized carbons (Fsp3) is 0.310. The number of amides is 2. The maximum Gasteiger partial charge on any atom is 0.264 e. The van der Waals surface area contributed by atoms with Gasteiger partial charge in [-0.2, -0.15) is 0 Å². The molecule has 0 aliphatic carbocycles. The van der Waals surface area contributed by atoms with Gasteiger partial charge in [-0.05, 0) is 62.7 Å². The standard InChI is InChI=1S/C29H35N3O6S/c1-21(2)30-29(34)22(3)31(19-23-11-9-13-25(17-23)37-4)28(33)20-32(24-12-10-14-26(18-24)38-5)39(35,36)27-15-7-6-8-16-27/h6-18,21-22H,19-20H2,1-5H3,(H,30,34)/t22-/m1/s1. The molecule has 0 aromatic heterocycles. The van der Waals surface area contributed by atoms with E-state index < -0.39 is 28.5 Å². The maximum absolute atomic E-state index is 13.9. The number of benzene rings is 3. The summed E-state index contributed by atoms with van der Waals surface area (Å²) in [7, 11) is -1.13. The van der Waals surface area contributed by atoms with E-state index in [0.717, 1.165) is 9.87 Å². The minimum Gasteiger partial charge on any atom is -0.497 e. The summed E-state index contributed by atoms with van der Waals surface area (Å²) in [6, 6.07) is 20.5. The van der Waals surface area contributed by atoms with Crippen LogP contribution in [0.15, 0.2) is 83.8 Å². The topological polar surface area (TPSA) is 105 Å². The van der Waals surface area contributed by atoms with Gasteiger partial charge in [0.2, 0.25) is 11.8 Å². The van der Waals surface area contributed by atoms with Crippen LogP contribution in [0.4, 0.5) is 5.69 Å². The van der Waals surface area contributed by atoms with Crippen LogP contribution in [0.2, 0.25) is 0 Å². The molecule has 0 saturated carbocycles. The minimum atomic E-state index is -4.15. The first kappa shape index (κ1) is 29.5. The van der Waals surface area contributed by atoms with Gasteiger partial charge in [-0.15, -0.1) is 0 Å². The quantitative estimate of drug-likeness (QED) is 0.365. The van der Waals surface area contributed by atoms with Crippen molar-refractivity contribution >= 4 is 27.5 Å². The van der Waals surface area contributed by atoms with Crippen molar-refractivity contribution in [1.82, 2.24) is 10.2 Å². The zero-order chi connectivity index (χ0) is 28.6. The largest absolute Gasteiger partial charge is 0.497 e. The van der Waals surface area contributed by atoms with Crippen LogP contribution in [0, 0.1) is 0 Å². The van der Waals surface area contributed by atoms with E-state index in [1.807, 2.05) is 19.9 Å². The fourth-order valence-electron chi connectivity index (χ4n) is 3.97. The van der Waals surface area contributed by atoms with Crippen LogP contribution in [0.25, 0.3) is 0 Å². The van der Waals surface area contributed by atoms with Gasteiger partial charge in [0.1, 0.15) is 24.1 Å². The van der Waals surface area contributed by atoms with Gasteiger partial charge in [0.15, 0.2) is 0 Å². The van der Waals surface area contributed by atoms with Crippen molar-refractivity contribution < 1.29 is 27.5 Å². The highest BCUT2D eigenvalue weighted by Gasteiger charge is 2.32. The van der Waals surface area contributed by atoms with E-state index in [4.69, 9.17) is 9.47 Å². The zero-order valence-electron chi connectivity index (χ0n) is 22.8. The third-order valence-electron chi connectivity index (χ3n) is 6.04. The Morgan fingerprint density at radius 3 is 2.08 bits per heavy atom. The molecule has 0 bridgehead atoms. The van der Waals surface area contributed by atoms with E-state index in [1.165, 1.54) is 24.1 Å². The van der Waals surface area contributed by atoms with Crippen molar-refractivity contribution in [2.45, 2.75) is 44.3 Å². The number of anilines is 1. The van der Waals surface area contributed by atoms with Gasteiger partial charge in [0.25, 0.3) is 10.0 Å². The number of nitrogens with zero attached hydrogens (tertiary/aromatic N) is 2. The smallest absolute Gasteiger partial charge is 0.264 e. The Balaban J connectivity index is 2.04. The average Bonchev–Trinajstić information content (AvgIpc) is 2.94. The molecular formula is C29H35N3O6S. The van der Waals surface area contributed by atoms with Crippen LogP contribution in [-0.4, -0.2) is 58.0 Å². The Hall–Kier alpha value is -4.05. The number of carbonyl (C=O) groups is 2. The summed E-state index contributed by atoms with van der Waals surface area (Å²) >= 11 is 0. The molecule has 10 heteroatoms. The molecule has 0 aliphatic heterocycles. The monoisotopic (exact) mass is 553 g/mol. The highest BCUT2D eigenvalue weighted by molar-refractivity contribution is 7.92. The molecule has 3 aromatic rings. The first-order valence-electron chi connectivity index (χ1n) is 12.5. The molecule has 0 radical (unpaired) electrons. The molecule has 1 atom stereocenters. The number of sulfonamides is 1. The van der Waals surface area contributed by atoms with Gasteiger partial charge in [0.05, 0.1) is 24.8 Å². The number of hydrogen-bond donors (Lipinski definition) is 1. The molecule has 39 heavy (non-hydrogen) atoms. The molecule has 9 nitrogen and oxygen atoms in total. The molecule has 0 aliphatic rings. The fourth-order valence-corrected chi connectivity index (χ4v) is 5.40. The molecule has 0 spiro atoms. The van der Waals surface area contributed by atoms with E-state index in [0.29, 0.717) is 11.5 Å². The molecule has 1 N–H and O–H groups in total. The predicted molar refractivity (Wildman–Crippen MR) is 150 cm³/mol. The number of rotatable bonds is 12. The SMILES string of the molecule is COc1cccc(CN(C(=O)CN(c2cccc(OC)c2)S(=O)(=O)c2ccccc2)[C@H](C)C(=O)NC(C)C)c1. The molecule has 208 valence electrons. The molecule has 3 aromatic carbocycles. The number of hydrogen-bond acceptors (Lipinski definition) is 6. The average molecular weight is 554 g/mol. The molecule has 0 heterocycles. The van der Waals surface area contributed by atoms with Gasteiger partial charge >= 0.3 is 0 Å². The van der Waals surface area contributed by atoms with E-state index in [-0.39, 0.29) is 29.1 Å². The summed E-state index contributed by atoms with van der Waals surface area (Å²) in [6.07, 6.45) is 0. The highest BCUT2D eigenvalue weighted by Crippen LogP contribution is 2.27. The number of nitrogens with one attached hydrogen (secondary N) is 1. The molecule has 2 amide bonds. The van der Waals surface area contributed by atoms with Gasteiger partial charge in [-0.1, -0.05) is 36.4 Å². The summed E-state index contributed by atoms with van der Waals surface area (Å²) < 4.78 is 39.3. The van der Waals surface area contributed by atoms with E-state index in [9.17, 15) is 18.0 Å². The molecule has 3 rings (SSSR count). The Morgan fingerprint density at radius 1 is 0.846 bits per heavy atom. The lowest BCUT2D eigenvalue weighted by molar-refractivity contribution is -0.139. The summed E-state index contributed by atoms with van der Waals surface area (Å²) in [4.78, 5) is 28.3. The van der Waals surface area contributed by atoms with Crippen molar-refractivity contribution in [3.63, 3.8) is 0 Å². The number of methoxy groups -OCH3 is 2. The predicted octanol–water partition coefficient (Wildman–Crippen LogP) is 3.84. The molecule has 0 saturated heterocycles. The Kier molecular flexibility index (Phi) is 9.95. The van der Waals surface area contributed by atoms with Gasteiger partial charge in [0, 0.05) is 18.7 Å². The van der Waals surface area contributed by atoms with Crippen molar-refractivity contribution in [3.05, 3.63) is 84.4 Å². The second kappa shape index (κ2) is 13.1. The number of carbonyl (C=O) groups excluding carboxylic acids is 2. The molecule has 0 fully saturated rings. The Labute approximate surface area is 230 Å². The maximum atomic E-state index is 13.9. The lowest BCUT2D eigenvalue weighted by atomic mass is 10.1. The van der Waals surface area contributed by atoms with Crippen LogP contribution in [-0.2, 0) is 26.2 Å². The number of ether oxygens (including phenoxy) is 2. The van der Waals surface area contributed by atoms with Crippen molar-refractivity contribution in [3.8, 4) is 11.5 Å². The third kappa shape index (κ3) is 7.51. The van der Waals surface area contributed by atoms with Crippen LogP contribution < -0.4 is 19.1 Å².